The van der Waals surface area contributed by atoms with Gasteiger partial charge >= 0.3 is 0 Å². The number of nitrogens with two attached hydrogens (primary N) is 1. The third-order valence-corrected chi connectivity index (χ3v) is 2.00. The van der Waals surface area contributed by atoms with Gasteiger partial charge < -0.3 is 10.8 Å². The molecule has 3 heteroatoms. The molecule has 0 saturated heterocycles. The average molecular weight is 195 g/mol. The topological polar surface area (TPSA) is 63.3 Å². The minimum absolute atomic E-state index is 0.191. The molecule has 3 nitrogen and oxygen atoms in total. The molecule has 0 aromatic rings. The van der Waals surface area contributed by atoms with Crippen molar-refractivity contribution in [2.75, 3.05) is 0 Å². The number of hydrogen-bond donors (Lipinski definition) is 2. The molecule has 0 fully saturated rings. The molecule has 0 aliphatic carbocycles. The smallest absolute Gasteiger partial charge is 0.145 e. The molecule has 0 aliphatic rings. The maximum Gasteiger partial charge on any atom is 0.145 e. The fourth-order valence-electron chi connectivity index (χ4n) is 0.870. The quantitative estimate of drug-likeness (QED) is 0.299. The standard InChI is InChI=1S/C11H17NO2/c1-4-10(9(3)11(12)14)6-5-8(2)7-13/h4-7,9,11,14H,1,12H2,2-3H3/b8-5+,10-6+. The molecule has 2 atom stereocenters. The Morgan fingerprint density at radius 3 is 2.43 bits per heavy atom. The molecule has 0 aromatic carbocycles. The highest BCUT2D eigenvalue weighted by atomic mass is 16.3. The predicted molar refractivity (Wildman–Crippen MR) is 57.5 cm³/mol. The Balaban J connectivity index is 4.71. The van der Waals surface area contributed by atoms with Crippen LogP contribution in [0.25, 0.3) is 0 Å². The molecule has 0 spiro atoms. The van der Waals surface area contributed by atoms with E-state index in [0.29, 0.717) is 5.57 Å². The Labute approximate surface area is 84.6 Å². The SMILES string of the molecule is C=C/C(=C\C=C(/C)C=O)C(C)C(N)O. The van der Waals surface area contributed by atoms with Crippen LogP contribution in [0, 0.1) is 5.92 Å². The first kappa shape index (κ1) is 12.8. The third-order valence-electron chi connectivity index (χ3n) is 2.00. The minimum Gasteiger partial charge on any atom is -0.378 e. The molecule has 0 rings (SSSR count). The Bertz CT molecular complexity index is 264. The van der Waals surface area contributed by atoms with Gasteiger partial charge in [0.2, 0.25) is 0 Å². The molecular weight excluding hydrogens is 178 g/mol. The summed E-state index contributed by atoms with van der Waals surface area (Å²) in [6, 6.07) is 0. The number of hydrogen-bond acceptors (Lipinski definition) is 3. The average Bonchev–Trinajstić information content (AvgIpc) is 2.17. The van der Waals surface area contributed by atoms with E-state index >= 15 is 0 Å². The Morgan fingerprint density at radius 2 is 2.07 bits per heavy atom. The summed E-state index contributed by atoms with van der Waals surface area (Å²) in [7, 11) is 0. The number of carbonyl (C=O) groups is 1. The van der Waals surface area contributed by atoms with Crippen molar-refractivity contribution < 1.29 is 9.90 Å². The lowest BCUT2D eigenvalue weighted by atomic mass is 9.99. The van der Waals surface area contributed by atoms with Crippen LogP contribution in [-0.4, -0.2) is 17.6 Å². The third kappa shape index (κ3) is 4.16. The van der Waals surface area contributed by atoms with Crippen LogP contribution in [0.2, 0.25) is 0 Å². The van der Waals surface area contributed by atoms with Gasteiger partial charge in [-0.2, -0.15) is 0 Å². The van der Waals surface area contributed by atoms with Crippen molar-refractivity contribution in [3.05, 3.63) is 36.0 Å². The van der Waals surface area contributed by atoms with E-state index in [4.69, 9.17) is 10.8 Å². The molecular formula is C11H17NO2. The monoisotopic (exact) mass is 195 g/mol. The van der Waals surface area contributed by atoms with Gasteiger partial charge in [-0.15, -0.1) is 0 Å². The van der Waals surface area contributed by atoms with Gasteiger partial charge in [-0.3, -0.25) is 4.79 Å². The van der Waals surface area contributed by atoms with Gasteiger partial charge in [-0.1, -0.05) is 31.7 Å². The second-order valence-corrected chi connectivity index (χ2v) is 3.18. The Kier molecular flexibility index (Phi) is 5.76. The molecule has 0 bridgehead atoms. The first-order chi connectivity index (χ1) is 6.52. The van der Waals surface area contributed by atoms with Crippen molar-refractivity contribution in [3.8, 4) is 0 Å². The number of rotatable bonds is 5. The van der Waals surface area contributed by atoms with Crippen molar-refractivity contribution in [1.82, 2.24) is 0 Å². The van der Waals surface area contributed by atoms with Gasteiger partial charge in [0.25, 0.3) is 0 Å². The van der Waals surface area contributed by atoms with Gasteiger partial charge in [0.05, 0.1) is 0 Å². The van der Waals surface area contributed by atoms with E-state index in [-0.39, 0.29) is 5.92 Å². The van der Waals surface area contributed by atoms with E-state index in [1.54, 1.807) is 32.1 Å². The fourth-order valence-corrected chi connectivity index (χ4v) is 0.870. The van der Waals surface area contributed by atoms with Crippen molar-refractivity contribution in [2.24, 2.45) is 11.7 Å². The summed E-state index contributed by atoms with van der Waals surface area (Å²) in [5, 5.41) is 9.14. The molecule has 0 saturated carbocycles. The first-order valence-electron chi connectivity index (χ1n) is 4.42. The maximum atomic E-state index is 10.3. The van der Waals surface area contributed by atoms with Crippen LogP contribution in [0.4, 0.5) is 0 Å². The van der Waals surface area contributed by atoms with Crippen molar-refractivity contribution in [2.45, 2.75) is 20.1 Å². The van der Waals surface area contributed by atoms with Crippen LogP contribution in [-0.2, 0) is 4.79 Å². The molecule has 3 N–H and O–H groups in total. The van der Waals surface area contributed by atoms with Crippen molar-refractivity contribution in [3.63, 3.8) is 0 Å². The van der Waals surface area contributed by atoms with E-state index in [1.165, 1.54) is 0 Å². The zero-order valence-corrected chi connectivity index (χ0v) is 8.60. The van der Waals surface area contributed by atoms with Crippen LogP contribution in [0.15, 0.2) is 36.0 Å². The lowest BCUT2D eigenvalue weighted by molar-refractivity contribution is -0.104. The number of carbonyl (C=O) groups excluding carboxylic acids is 1. The molecule has 0 aromatic heterocycles. The van der Waals surface area contributed by atoms with Crippen LogP contribution in [0.3, 0.4) is 0 Å². The molecule has 2 unspecified atom stereocenters. The van der Waals surface area contributed by atoms with E-state index in [2.05, 4.69) is 6.58 Å². The fraction of sp³-hybridized carbons (Fsp3) is 0.364. The number of aliphatic hydroxyl groups is 1. The first-order valence-corrected chi connectivity index (χ1v) is 4.42. The Morgan fingerprint density at radius 1 is 1.50 bits per heavy atom. The summed E-state index contributed by atoms with van der Waals surface area (Å²) in [6.07, 6.45) is 4.88. The summed E-state index contributed by atoms with van der Waals surface area (Å²) < 4.78 is 0. The number of aldehydes is 1. The zero-order valence-electron chi connectivity index (χ0n) is 8.60. The predicted octanol–water partition coefficient (Wildman–Crippen LogP) is 1.16. The molecule has 78 valence electrons. The summed E-state index contributed by atoms with van der Waals surface area (Å²) >= 11 is 0. The van der Waals surface area contributed by atoms with Gasteiger partial charge in [0, 0.05) is 5.92 Å². The van der Waals surface area contributed by atoms with Gasteiger partial charge in [0.15, 0.2) is 0 Å². The van der Waals surface area contributed by atoms with Crippen LogP contribution in [0.1, 0.15) is 13.8 Å². The van der Waals surface area contributed by atoms with Crippen LogP contribution >= 0.6 is 0 Å². The van der Waals surface area contributed by atoms with E-state index in [0.717, 1.165) is 11.9 Å². The zero-order chi connectivity index (χ0) is 11.1. The highest BCUT2D eigenvalue weighted by Crippen LogP contribution is 2.13. The molecule has 0 radical (unpaired) electrons. The van der Waals surface area contributed by atoms with E-state index in [9.17, 15) is 4.79 Å². The molecule has 0 heterocycles. The van der Waals surface area contributed by atoms with Crippen molar-refractivity contribution >= 4 is 6.29 Å². The highest BCUT2D eigenvalue weighted by molar-refractivity contribution is 5.72. The lowest BCUT2D eigenvalue weighted by Crippen LogP contribution is -2.28. The van der Waals surface area contributed by atoms with E-state index in [1.807, 2.05) is 0 Å². The largest absolute Gasteiger partial charge is 0.378 e. The second-order valence-electron chi connectivity index (χ2n) is 3.18. The van der Waals surface area contributed by atoms with Crippen molar-refractivity contribution in [1.29, 1.82) is 0 Å². The van der Waals surface area contributed by atoms with E-state index < -0.39 is 6.23 Å². The highest BCUT2D eigenvalue weighted by Gasteiger charge is 2.11. The molecule has 14 heavy (non-hydrogen) atoms. The minimum atomic E-state index is -0.913. The summed E-state index contributed by atoms with van der Waals surface area (Å²) in [5.41, 5.74) is 6.75. The second kappa shape index (κ2) is 6.29. The number of allylic oxidation sites excluding steroid dienone is 4. The van der Waals surface area contributed by atoms with Crippen LogP contribution < -0.4 is 5.73 Å². The molecule has 0 amide bonds. The summed E-state index contributed by atoms with van der Waals surface area (Å²) in [4.78, 5) is 10.3. The number of aliphatic hydroxyl groups excluding tert-OH is 1. The summed E-state index contributed by atoms with van der Waals surface area (Å²) in [5.74, 6) is -0.191. The van der Waals surface area contributed by atoms with Gasteiger partial charge in [0.1, 0.15) is 12.5 Å². The lowest BCUT2D eigenvalue weighted by Gasteiger charge is -2.15. The molecule has 0 aliphatic heterocycles. The Hall–Kier alpha value is -1.19. The van der Waals surface area contributed by atoms with Crippen LogP contribution in [0.5, 0.6) is 0 Å². The van der Waals surface area contributed by atoms with Gasteiger partial charge in [-0.05, 0) is 18.1 Å². The summed E-state index contributed by atoms with van der Waals surface area (Å²) in [6.45, 7) is 7.11. The van der Waals surface area contributed by atoms with Gasteiger partial charge in [-0.25, -0.2) is 0 Å². The maximum absolute atomic E-state index is 10.3. The normalized spacial score (nSPS) is 17.4.